The van der Waals surface area contributed by atoms with E-state index in [1.54, 1.807) is 13.0 Å². The standard InChI is InChI=1S/C16H21N9O4S2/c1-9(6-7-17)23-31(28,29)12-4-3-11(10-2-5-13(18)20-8-10)14(15(12)30(19,26)27)16-21-24-25-22-16/h2-5,8-9,23H,6-7,17H2,1H3,(H2,18,20)(H2,19,26,27)(H,21,22,24,25). The van der Waals surface area contributed by atoms with Gasteiger partial charge < -0.3 is 11.5 Å². The van der Waals surface area contributed by atoms with Gasteiger partial charge >= 0.3 is 0 Å². The molecule has 0 bridgehead atoms. The molecule has 1 unspecified atom stereocenters. The SMILES string of the molecule is CC(CCN)NS(=O)(=O)c1ccc(-c2ccc(N)nc2)c(-c2nnn[nH]2)c1S(N)(=O)=O. The van der Waals surface area contributed by atoms with Crippen LogP contribution in [-0.2, 0) is 20.0 Å². The zero-order valence-electron chi connectivity index (χ0n) is 16.3. The van der Waals surface area contributed by atoms with Crippen LogP contribution in [0.1, 0.15) is 13.3 Å². The molecule has 0 aliphatic rings. The van der Waals surface area contributed by atoms with E-state index in [0.29, 0.717) is 12.0 Å². The van der Waals surface area contributed by atoms with Crippen molar-refractivity contribution in [2.24, 2.45) is 10.9 Å². The zero-order chi connectivity index (χ0) is 22.8. The summed E-state index contributed by atoms with van der Waals surface area (Å²) in [7, 11) is -8.86. The molecule has 0 spiro atoms. The number of primary sulfonamides is 1. The Morgan fingerprint density at radius 1 is 1.16 bits per heavy atom. The molecular weight excluding hydrogens is 446 g/mol. The quantitative estimate of drug-likeness (QED) is 0.276. The summed E-state index contributed by atoms with van der Waals surface area (Å²) >= 11 is 0. The van der Waals surface area contributed by atoms with E-state index in [2.05, 4.69) is 30.3 Å². The highest BCUT2D eigenvalue weighted by Crippen LogP contribution is 2.38. The van der Waals surface area contributed by atoms with Crippen molar-refractivity contribution in [2.45, 2.75) is 29.2 Å². The van der Waals surface area contributed by atoms with Crippen LogP contribution < -0.4 is 21.3 Å². The topological polar surface area (TPSA) is 226 Å². The number of nitrogen functional groups attached to an aromatic ring is 1. The number of benzene rings is 1. The summed E-state index contributed by atoms with van der Waals surface area (Å²) in [6.07, 6.45) is 1.75. The van der Waals surface area contributed by atoms with Gasteiger partial charge in [0.25, 0.3) is 0 Å². The average Bonchev–Trinajstić information content (AvgIpc) is 3.21. The Balaban J connectivity index is 2.35. The molecule has 166 valence electrons. The maximum absolute atomic E-state index is 13.0. The molecule has 0 aliphatic heterocycles. The van der Waals surface area contributed by atoms with E-state index in [4.69, 9.17) is 16.6 Å². The molecule has 15 heteroatoms. The molecule has 0 amide bonds. The third kappa shape index (κ3) is 4.86. The number of hydrogen-bond donors (Lipinski definition) is 5. The second kappa shape index (κ2) is 8.64. The number of aromatic nitrogens is 5. The molecule has 0 saturated heterocycles. The molecule has 13 nitrogen and oxygen atoms in total. The molecular formula is C16H21N9O4S2. The lowest BCUT2D eigenvalue weighted by molar-refractivity contribution is 0.546. The summed E-state index contributed by atoms with van der Waals surface area (Å²) in [4.78, 5) is 2.79. The molecule has 0 radical (unpaired) electrons. The first-order valence-corrected chi connectivity index (χ1v) is 12.0. The van der Waals surface area contributed by atoms with Gasteiger partial charge in [-0.15, -0.1) is 5.10 Å². The van der Waals surface area contributed by atoms with Gasteiger partial charge in [0.1, 0.15) is 15.6 Å². The van der Waals surface area contributed by atoms with Gasteiger partial charge in [0.15, 0.2) is 5.82 Å². The summed E-state index contributed by atoms with van der Waals surface area (Å²) in [5.41, 5.74) is 11.7. The number of nitrogens with zero attached hydrogens (tertiary/aromatic N) is 4. The highest BCUT2D eigenvalue weighted by atomic mass is 32.2. The smallest absolute Gasteiger partial charge is 0.242 e. The number of nitrogens with two attached hydrogens (primary N) is 3. The van der Waals surface area contributed by atoms with E-state index in [0.717, 1.165) is 6.07 Å². The van der Waals surface area contributed by atoms with Gasteiger partial charge in [-0.1, -0.05) is 6.07 Å². The maximum Gasteiger partial charge on any atom is 0.242 e. The summed E-state index contributed by atoms with van der Waals surface area (Å²) in [5, 5.41) is 18.6. The van der Waals surface area contributed by atoms with Crippen LogP contribution in [0, 0.1) is 0 Å². The van der Waals surface area contributed by atoms with E-state index in [9.17, 15) is 16.8 Å². The van der Waals surface area contributed by atoms with Crippen LogP contribution in [0.2, 0.25) is 0 Å². The van der Waals surface area contributed by atoms with Crippen molar-refractivity contribution in [1.82, 2.24) is 30.3 Å². The molecule has 1 atom stereocenters. The van der Waals surface area contributed by atoms with Crippen LogP contribution in [0.25, 0.3) is 22.5 Å². The Morgan fingerprint density at radius 2 is 1.90 bits per heavy atom. The first kappa shape index (κ1) is 22.7. The summed E-state index contributed by atoms with van der Waals surface area (Å²) in [6, 6.07) is 5.13. The minimum absolute atomic E-state index is 0.0945. The van der Waals surface area contributed by atoms with Crippen molar-refractivity contribution in [1.29, 1.82) is 0 Å². The predicted octanol–water partition coefficient (Wildman–Crippen LogP) is -0.826. The Morgan fingerprint density at radius 3 is 2.45 bits per heavy atom. The molecule has 2 heterocycles. The molecule has 8 N–H and O–H groups in total. The zero-order valence-corrected chi connectivity index (χ0v) is 18.0. The van der Waals surface area contributed by atoms with Gasteiger partial charge in [0.05, 0.1) is 0 Å². The lowest BCUT2D eigenvalue weighted by atomic mass is 10.0. The van der Waals surface area contributed by atoms with Crippen molar-refractivity contribution in [2.75, 3.05) is 12.3 Å². The van der Waals surface area contributed by atoms with Crippen molar-refractivity contribution >= 4 is 25.9 Å². The van der Waals surface area contributed by atoms with E-state index < -0.39 is 35.9 Å². The van der Waals surface area contributed by atoms with Gasteiger partial charge in [-0.2, -0.15) is 0 Å². The minimum atomic E-state index is -4.56. The minimum Gasteiger partial charge on any atom is -0.384 e. The molecule has 2 aromatic heterocycles. The molecule has 0 fully saturated rings. The number of tetrazole rings is 1. The van der Waals surface area contributed by atoms with Gasteiger partial charge in [0.2, 0.25) is 20.0 Å². The number of sulfonamides is 2. The monoisotopic (exact) mass is 467 g/mol. The van der Waals surface area contributed by atoms with Crippen molar-refractivity contribution in [3.05, 3.63) is 30.5 Å². The maximum atomic E-state index is 13.0. The molecule has 0 saturated carbocycles. The molecule has 1 aromatic carbocycles. The van der Waals surface area contributed by atoms with Crippen LogP contribution >= 0.6 is 0 Å². The Kier molecular flexibility index (Phi) is 6.33. The Hall–Kier alpha value is -2.98. The van der Waals surface area contributed by atoms with Crippen LogP contribution in [0.3, 0.4) is 0 Å². The lowest BCUT2D eigenvalue weighted by Gasteiger charge is -2.18. The number of pyridine rings is 1. The van der Waals surface area contributed by atoms with Crippen LogP contribution in [-0.4, -0.2) is 55.0 Å². The normalized spacial score (nSPS) is 13.3. The van der Waals surface area contributed by atoms with Crippen LogP contribution in [0.4, 0.5) is 5.82 Å². The number of H-pyrrole nitrogens is 1. The first-order valence-electron chi connectivity index (χ1n) is 8.93. The summed E-state index contributed by atoms with van der Waals surface area (Å²) in [5.74, 6) is 0.151. The molecule has 0 aliphatic carbocycles. The summed E-state index contributed by atoms with van der Waals surface area (Å²) < 4.78 is 53.7. The highest BCUT2D eigenvalue weighted by Gasteiger charge is 2.32. The van der Waals surface area contributed by atoms with Gasteiger partial charge in [0, 0.05) is 23.4 Å². The molecule has 3 aromatic rings. The van der Waals surface area contributed by atoms with Crippen molar-refractivity contribution in [3.63, 3.8) is 0 Å². The molecule has 31 heavy (non-hydrogen) atoms. The fraction of sp³-hybridized carbons (Fsp3) is 0.250. The second-order valence-corrected chi connectivity index (χ2v) is 9.86. The second-order valence-electron chi connectivity index (χ2n) is 6.68. The van der Waals surface area contributed by atoms with Gasteiger partial charge in [-0.05, 0) is 54.1 Å². The van der Waals surface area contributed by atoms with E-state index in [1.165, 1.54) is 18.3 Å². The predicted molar refractivity (Wildman–Crippen MR) is 112 cm³/mol. The van der Waals surface area contributed by atoms with E-state index >= 15 is 0 Å². The van der Waals surface area contributed by atoms with Crippen LogP contribution in [0.5, 0.6) is 0 Å². The Labute approximate surface area is 178 Å². The highest BCUT2D eigenvalue weighted by molar-refractivity contribution is 7.92. The van der Waals surface area contributed by atoms with E-state index in [1.807, 2.05) is 0 Å². The number of aromatic amines is 1. The third-order valence-corrected chi connectivity index (χ3v) is 7.09. The average molecular weight is 468 g/mol. The first-order chi connectivity index (χ1) is 14.5. The van der Waals surface area contributed by atoms with Crippen LogP contribution in [0.15, 0.2) is 40.3 Å². The summed E-state index contributed by atoms with van der Waals surface area (Å²) in [6.45, 7) is 1.85. The van der Waals surface area contributed by atoms with E-state index in [-0.39, 0.29) is 29.3 Å². The third-order valence-electron chi connectivity index (χ3n) is 4.33. The largest absolute Gasteiger partial charge is 0.384 e. The molecule has 3 rings (SSSR count). The lowest BCUT2D eigenvalue weighted by Crippen LogP contribution is -2.35. The Bertz CT molecular complexity index is 1280. The number of hydrogen-bond acceptors (Lipinski definition) is 10. The van der Waals surface area contributed by atoms with Crippen molar-refractivity contribution in [3.8, 4) is 22.5 Å². The fourth-order valence-electron chi connectivity index (χ4n) is 3.00. The fourth-order valence-corrected chi connectivity index (χ4v) is 5.89. The van der Waals surface area contributed by atoms with Gasteiger partial charge in [-0.25, -0.2) is 36.8 Å². The number of anilines is 1. The van der Waals surface area contributed by atoms with Crippen molar-refractivity contribution < 1.29 is 16.8 Å². The number of rotatable bonds is 8. The van der Waals surface area contributed by atoms with Gasteiger partial charge in [-0.3, -0.25) is 0 Å². The number of nitrogens with one attached hydrogen (secondary N) is 2.